The Balaban J connectivity index is 2.77. The number of amides is 1. The molecule has 1 aromatic rings. The first kappa shape index (κ1) is 16.1. The van der Waals surface area contributed by atoms with Crippen LogP contribution >= 0.6 is 15.9 Å². The summed E-state index contributed by atoms with van der Waals surface area (Å²) < 4.78 is 27.3. The molecular formula is C12H17BrN2O3S. The van der Waals surface area contributed by atoms with Crippen LogP contribution in [0.2, 0.25) is 0 Å². The Morgan fingerprint density at radius 2 is 2.00 bits per heavy atom. The molecule has 0 aliphatic carbocycles. The van der Waals surface area contributed by atoms with Crippen molar-refractivity contribution >= 4 is 31.9 Å². The molecule has 0 aliphatic heterocycles. The van der Waals surface area contributed by atoms with Gasteiger partial charge in [0.25, 0.3) is 0 Å². The zero-order chi connectivity index (χ0) is 14.6. The Kier molecular flexibility index (Phi) is 5.51. The number of halogens is 1. The van der Waals surface area contributed by atoms with Crippen molar-refractivity contribution < 1.29 is 13.2 Å². The van der Waals surface area contributed by atoms with Crippen LogP contribution in [0.15, 0.2) is 27.6 Å². The van der Waals surface area contributed by atoms with Crippen molar-refractivity contribution in [1.82, 2.24) is 9.62 Å². The predicted octanol–water partition coefficient (Wildman–Crippen LogP) is 1.51. The van der Waals surface area contributed by atoms with Gasteiger partial charge < -0.3 is 4.90 Å². The SMILES string of the molecule is Cc1ccc(Br)cc1S(=O)(=O)NCCC(=O)N(C)C. The number of nitrogens with zero attached hydrogens (tertiary/aromatic N) is 1. The first-order chi connectivity index (χ1) is 8.74. The molecule has 0 spiro atoms. The fraction of sp³-hybridized carbons (Fsp3) is 0.417. The molecule has 0 saturated heterocycles. The monoisotopic (exact) mass is 348 g/mol. The number of hydrogen-bond acceptors (Lipinski definition) is 3. The van der Waals surface area contributed by atoms with E-state index in [1.54, 1.807) is 39.2 Å². The van der Waals surface area contributed by atoms with Gasteiger partial charge in [-0.25, -0.2) is 13.1 Å². The summed E-state index contributed by atoms with van der Waals surface area (Å²) in [7, 11) is -0.317. The van der Waals surface area contributed by atoms with E-state index in [1.165, 1.54) is 4.90 Å². The van der Waals surface area contributed by atoms with Gasteiger partial charge in [-0.2, -0.15) is 0 Å². The van der Waals surface area contributed by atoms with Gasteiger partial charge >= 0.3 is 0 Å². The Morgan fingerprint density at radius 3 is 2.58 bits per heavy atom. The number of benzene rings is 1. The van der Waals surface area contributed by atoms with Crippen LogP contribution in [0.25, 0.3) is 0 Å². The second-order valence-electron chi connectivity index (χ2n) is 4.35. The molecule has 0 aliphatic rings. The van der Waals surface area contributed by atoms with Gasteiger partial charge in [0.2, 0.25) is 15.9 Å². The van der Waals surface area contributed by atoms with Crippen LogP contribution in [0.3, 0.4) is 0 Å². The highest BCUT2D eigenvalue weighted by Crippen LogP contribution is 2.20. The van der Waals surface area contributed by atoms with E-state index in [0.29, 0.717) is 10.0 Å². The molecule has 5 nitrogen and oxygen atoms in total. The summed E-state index contributed by atoms with van der Waals surface area (Å²) in [5, 5.41) is 0. The number of hydrogen-bond donors (Lipinski definition) is 1. The third kappa shape index (κ3) is 4.59. The molecular weight excluding hydrogens is 332 g/mol. The lowest BCUT2D eigenvalue weighted by atomic mass is 10.2. The van der Waals surface area contributed by atoms with E-state index in [2.05, 4.69) is 20.7 Å². The summed E-state index contributed by atoms with van der Waals surface area (Å²) in [6, 6.07) is 5.05. The first-order valence-electron chi connectivity index (χ1n) is 5.70. The molecule has 1 rings (SSSR count). The average Bonchev–Trinajstić information content (AvgIpc) is 2.31. The zero-order valence-corrected chi connectivity index (χ0v) is 13.5. The maximum absolute atomic E-state index is 12.1. The highest BCUT2D eigenvalue weighted by atomic mass is 79.9. The van der Waals surface area contributed by atoms with E-state index in [4.69, 9.17) is 0 Å². The number of sulfonamides is 1. The topological polar surface area (TPSA) is 66.5 Å². The maximum Gasteiger partial charge on any atom is 0.240 e. The predicted molar refractivity (Wildman–Crippen MR) is 77.4 cm³/mol. The van der Waals surface area contributed by atoms with Crippen molar-refractivity contribution in [2.24, 2.45) is 0 Å². The van der Waals surface area contributed by atoms with Crippen LogP contribution in [0.1, 0.15) is 12.0 Å². The lowest BCUT2D eigenvalue weighted by Gasteiger charge is -2.12. The van der Waals surface area contributed by atoms with E-state index in [9.17, 15) is 13.2 Å². The van der Waals surface area contributed by atoms with Crippen molar-refractivity contribution in [1.29, 1.82) is 0 Å². The molecule has 0 aromatic heterocycles. The molecule has 0 unspecified atom stereocenters. The lowest BCUT2D eigenvalue weighted by Crippen LogP contribution is -2.30. The summed E-state index contributed by atoms with van der Waals surface area (Å²) in [4.78, 5) is 13.0. The highest BCUT2D eigenvalue weighted by molar-refractivity contribution is 9.10. The minimum atomic E-state index is -3.59. The number of carbonyl (C=O) groups is 1. The molecule has 1 aromatic carbocycles. The summed E-state index contributed by atoms with van der Waals surface area (Å²) in [6.45, 7) is 1.82. The minimum absolute atomic E-state index is 0.0886. The summed E-state index contributed by atoms with van der Waals surface area (Å²) >= 11 is 3.25. The van der Waals surface area contributed by atoms with Gasteiger partial charge in [-0.3, -0.25) is 4.79 Å². The van der Waals surface area contributed by atoms with Crippen LogP contribution in [0.5, 0.6) is 0 Å². The van der Waals surface area contributed by atoms with Crippen LogP contribution < -0.4 is 4.72 Å². The zero-order valence-electron chi connectivity index (χ0n) is 11.1. The Bertz CT molecular complexity index is 570. The molecule has 0 radical (unpaired) electrons. The molecule has 1 amide bonds. The second-order valence-corrected chi connectivity index (χ2v) is 7.00. The van der Waals surface area contributed by atoms with Gasteiger partial charge in [-0.05, 0) is 24.6 Å². The van der Waals surface area contributed by atoms with Crippen molar-refractivity contribution in [3.63, 3.8) is 0 Å². The fourth-order valence-corrected chi connectivity index (χ4v) is 3.27. The van der Waals surface area contributed by atoms with E-state index in [-0.39, 0.29) is 23.8 Å². The Labute approximate surface area is 122 Å². The standard InChI is InChI=1S/C12H17BrN2O3S/c1-9-4-5-10(13)8-11(9)19(17,18)14-7-6-12(16)15(2)3/h4-5,8,14H,6-7H2,1-3H3. The average molecular weight is 349 g/mol. The van der Waals surface area contributed by atoms with E-state index < -0.39 is 10.0 Å². The van der Waals surface area contributed by atoms with Crippen molar-refractivity contribution in [2.75, 3.05) is 20.6 Å². The Hall–Kier alpha value is -0.920. The molecule has 0 fully saturated rings. The molecule has 0 saturated carbocycles. The van der Waals surface area contributed by atoms with E-state index in [1.807, 2.05) is 0 Å². The van der Waals surface area contributed by atoms with Gasteiger partial charge in [0.15, 0.2) is 0 Å². The molecule has 1 N–H and O–H groups in total. The summed E-state index contributed by atoms with van der Waals surface area (Å²) in [5.74, 6) is -0.117. The number of rotatable bonds is 5. The second kappa shape index (κ2) is 6.49. The highest BCUT2D eigenvalue weighted by Gasteiger charge is 2.17. The van der Waals surface area contributed by atoms with Crippen molar-refractivity contribution in [2.45, 2.75) is 18.2 Å². The van der Waals surface area contributed by atoms with Crippen molar-refractivity contribution in [3.8, 4) is 0 Å². The Morgan fingerprint density at radius 1 is 1.37 bits per heavy atom. The van der Waals surface area contributed by atoms with Gasteiger partial charge in [0, 0.05) is 31.5 Å². The van der Waals surface area contributed by atoms with Gasteiger partial charge in [0.05, 0.1) is 4.90 Å². The maximum atomic E-state index is 12.1. The third-order valence-electron chi connectivity index (χ3n) is 2.57. The molecule has 19 heavy (non-hydrogen) atoms. The first-order valence-corrected chi connectivity index (χ1v) is 7.97. The molecule has 0 heterocycles. The smallest absolute Gasteiger partial charge is 0.240 e. The third-order valence-corrected chi connectivity index (χ3v) is 4.67. The van der Waals surface area contributed by atoms with Gasteiger partial charge in [-0.1, -0.05) is 22.0 Å². The molecule has 0 bridgehead atoms. The van der Waals surface area contributed by atoms with E-state index >= 15 is 0 Å². The number of carbonyl (C=O) groups excluding carboxylic acids is 1. The van der Waals surface area contributed by atoms with Gasteiger partial charge in [0.1, 0.15) is 0 Å². The van der Waals surface area contributed by atoms with Gasteiger partial charge in [-0.15, -0.1) is 0 Å². The van der Waals surface area contributed by atoms with Crippen LogP contribution in [-0.2, 0) is 14.8 Å². The fourth-order valence-electron chi connectivity index (χ4n) is 1.46. The number of aryl methyl sites for hydroxylation is 1. The summed E-state index contributed by atoms with van der Waals surface area (Å²) in [6.07, 6.45) is 0.138. The summed E-state index contributed by atoms with van der Waals surface area (Å²) in [5.41, 5.74) is 0.662. The molecule has 7 heteroatoms. The largest absolute Gasteiger partial charge is 0.349 e. The number of nitrogens with one attached hydrogen (secondary N) is 1. The van der Waals surface area contributed by atoms with Crippen LogP contribution in [-0.4, -0.2) is 39.9 Å². The normalized spacial score (nSPS) is 11.4. The quantitative estimate of drug-likeness (QED) is 0.876. The molecule has 0 atom stereocenters. The molecule has 106 valence electrons. The van der Waals surface area contributed by atoms with E-state index in [0.717, 1.165) is 0 Å². The lowest BCUT2D eigenvalue weighted by molar-refractivity contribution is -0.128. The van der Waals surface area contributed by atoms with Crippen LogP contribution in [0, 0.1) is 6.92 Å². The van der Waals surface area contributed by atoms with Crippen molar-refractivity contribution in [3.05, 3.63) is 28.2 Å². The van der Waals surface area contributed by atoms with Crippen LogP contribution in [0.4, 0.5) is 0 Å². The minimum Gasteiger partial charge on any atom is -0.349 e.